The van der Waals surface area contributed by atoms with Gasteiger partial charge in [-0.2, -0.15) is 5.26 Å². The molecule has 2 aromatic carbocycles. The average Bonchev–Trinajstić information content (AvgIpc) is 3.17. The number of benzene rings is 2. The second-order valence-corrected chi connectivity index (χ2v) is 6.89. The van der Waals surface area contributed by atoms with Crippen molar-refractivity contribution in [1.29, 1.82) is 5.26 Å². The van der Waals surface area contributed by atoms with Crippen molar-refractivity contribution in [2.75, 3.05) is 12.9 Å². The minimum Gasteiger partial charge on any atom is -0.495 e. The van der Waals surface area contributed by atoms with E-state index in [1.54, 1.807) is 25.4 Å². The highest BCUT2D eigenvalue weighted by atomic mass is 32.2. The lowest BCUT2D eigenvalue weighted by Crippen LogP contribution is -2.22. The molecule has 4 aromatic rings. The zero-order valence-corrected chi connectivity index (χ0v) is 15.9. The molecular formula is C21H16N4O2S. The lowest BCUT2D eigenvalue weighted by Gasteiger charge is -2.14. The zero-order chi connectivity index (χ0) is 19.5. The van der Waals surface area contributed by atoms with E-state index in [1.807, 2.05) is 42.5 Å². The lowest BCUT2D eigenvalue weighted by molar-refractivity contribution is 0.411. The highest BCUT2D eigenvalue weighted by molar-refractivity contribution is 7.99. The minimum atomic E-state index is -0.239. The molecule has 6 nitrogen and oxygen atoms in total. The van der Waals surface area contributed by atoms with Gasteiger partial charge < -0.3 is 9.72 Å². The minimum absolute atomic E-state index is 0.179. The number of ether oxygens (including phenoxy) is 1. The van der Waals surface area contributed by atoms with E-state index in [1.165, 1.54) is 16.3 Å². The first-order chi connectivity index (χ1) is 13.7. The second-order valence-electron chi connectivity index (χ2n) is 5.95. The smallest absolute Gasteiger partial charge is 0.283 e. The van der Waals surface area contributed by atoms with Crippen LogP contribution < -0.4 is 10.3 Å². The number of fused-ring (bicyclic) bond motifs is 1. The molecule has 0 saturated carbocycles. The maximum absolute atomic E-state index is 13.4. The SMILES string of the molecule is COc1ccccc1-n1c(SCC#N)nc2c(-c3ccccc3)c[nH]c2c1=O. The van der Waals surface area contributed by atoms with Crippen molar-refractivity contribution in [3.05, 3.63) is 71.1 Å². The van der Waals surface area contributed by atoms with Crippen LogP contribution in [0.4, 0.5) is 0 Å². The Hall–Kier alpha value is -3.50. The Morgan fingerprint density at radius 1 is 1.18 bits per heavy atom. The first kappa shape index (κ1) is 17.9. The van der Waals surface area contributed by atoms with Crippen molar-refractivity contribution in [3.8, 4) is 28.6 Å². The molecule has 0 radical (unpaired) electrons. The molecule has 0 aliphatic carbocycles. The number of thioether (sulfide) groups is 1. The van der Waals surface area contributed by atoms with Gasteiger partial charge in [-0.05, 0) is 17.7 Å². The van der Waals surface area contributed by atoms with E-state index in [0.717, 1.165) is 11.1 Å². The zero-order valence-electron chi connectivity index (χ0n) is 15.0. The number of H-pyrrole nitrogens is 1. The van der Waals surface area contributed by atoms with Crippen molar-refractivity contribution in [2.24, 2.45) is 0 Å². The highest BCUT2D eigenvalue weighted by Crippen LogP contribution is 2.30. The fourth-order valence-corrected chi connectivity index (χ4v) is 3.76. The number of aromatic amines is 1. The molecule has 2 aromatic heterocycles. The molecule has 2 heterocycles. The Kier molecular flexibility index (Phi) is 4.87. The van der Waals surface area contributed by atoms with E-state index >= 15 is 0 Å². The Bertz CT molecular complexity index is 1240. The van der Waals surface area contributed by atoms with Crippen LogP contribution in [0.25, 0.3) is 27.8 Å². The number of rotatable bonds is 5. The van der Waals surface area contributed by atoms with Crippen LogP contribution >= 0.6 is 11.8 Å². The van der Waals surface area contributed by atoms with E-state index in [0.29, 0.717) is 27.6 Å². The van der Waals surface area contributed by atoms with Gasteiger partial charge in [0.25, 0.3) is 5.56 Å². The molecule has 0 amide bonds. The first-order valence-corrected chi connectivity index (χ1v) is 9.56. The summed E-state index contributed by atoms with van der Waals surface area (Å²) >= 11 is 1.22. The summed E-state index contributed by atoms with van der Waals surface area (Å²) < 4.78 is 6.92. The molecule has 138 valence electrons. The topological polar surface area (TPSA) is 83.7 Å². The van der Waals surface area contributed by atoms with E-state index in [2.05, 4.69) is 11.1 Å². The number of nitrogens with zero attached hydrogens (tertiary/aromatic N) is 3. The van der Waals surface area contributed by atoms with Gasteiger partial charge in [-0.15, -0.1) is 0 Å². The van der Waals surface area contributed by atoms with E-state index in [9.17, 15) is 4.79 Å². The predicted molar refractivity (Wildman–Crippen MR) is 110 cm³/mol. The van der Waals surface area contributed by atoms with Gasteiger partial charge in [-0.1, -0.05) is 54.2 Å². The van der Waals surface area contributed by atoms with Crippen LogP contribution in [-0.4, -0.2) is 27.4 Å². The molecule has 4 rings (SSSR count). The van der Waals surface area contributed by atoms with Crippen molar-refractivity contribution < 1.29 is 4.74 Å². The van der Waals surface area contributed by atoms with Gasteiger partial charge >= 0.3 is 0 Å². The summed E-state index contributed by atoms with van der Waals surface area (Å²) in [5.41, 5.74) is 3.15. The van der Waals surface area contributed by atoms with Crippen molar-refractivity contribution >= 4 is 22.8 Å². The molecular weight excluding hydrogens is 372 g/mol. The van der Waals surface area contributed by atoms with Crippen LogP contribution in [0.1, 0.15) is 0 Å². The highest BCUT2D eigenvalue weighted by Gasteiger charge is 2.19. The molecule has 0 unspecified atom stereocenters. The van der Waals surface area contributed by atoms with Crippen LogP contribution in [0.2, 0.25) is 0 Å². The number of hydrogen-bond acceptors (Lipinski definition) is 5. The monoisotopic (exact) mass is 388 g/mol. The van der Waals surface area contributed by atoms with Crippen molar-refractivity contribution in [2.45, 2.75) is 5.16 Å². The largest absolute Gasteiger partial charge is 0.495 e. The van der Waals surface area contributed by atoms with Crippen LogP contribution in [0.5, 0.6) is 5.75 Å². The summed E-state index contributed by atoms with van der Waals surface area (Å²) in [6.07, 6.45) is 1.79. The van der Waals surface area contributed by atoms with Gasteiger partial charge in [-0.3, -0.25) is 4.79 Å². The molecule has 0 aliphatic rings. The average molecular weight is 388 g/mol. The third kappa shape index (κ3) is 3.04. The predicted octanol–water partition coefficient (Wildman–Crippen LogP) is 4.01. The van der Waals surface area contributed by atoms with Crippen LogP contribution in [0.3, 0.4) is 0 Å². The molecule has 0 aliphatic heterocycles. The number of hydrogen-bond donors (Lipinski definition) is 1. The summed E-state index contributed by atoms with van der Waals surface area (Å²) in [5, 5.41) is 9.49. The molecule has 28 heavy (non-hydrogen) atoms. The van der Waals surface area contributed by atoms with Crippen LogP contribution in [0, 0.1) is 11.3 Å². The molecule has 0 fully saturated rings. The molecule has 0 spiro atoms. The van der Waals surface area contributed by atoms with Gasteiger partial charge in [0.1, 0.15) is 16.8 Å². The number of para-hydroxylation sites is 2. The quantitative estimate of drug-likeness (QED) is 0.413. The van der Waals surface area contributed by atoms with Gasteiger partial charge in [0, 0.05) is 11.8 Å². The summed E-state index contributed by atoms with van der Waals surface area (Å²) in [7, 11) is 1.56. The van der Waals surface area contributed by atoms with Crippen LogP contribution in [0.15, 0.2) is 70.7 Å². The first-order valence-electron chi connectivity index (χ1n) is 8.57. The van der Waals surface area contributed by atoms with E-state index in [-0.39, 0.29) is 11.3 Å². The standard InChI is InChI=1S/C21H16N4O2S/c1-27-17-10-6-5-9-16(17)25-20(26)19-18(24-21(25)28-12-11-22)15(13-23-19)14-7-3-2-4-8-14/h2-10,13,23H,12H2,1H3. The summed E-state index contributed by atoms with van der Waals surface area (Å²) in [5.74, 6) is 0.734. The Morgan fingerprint density at radius 2 is 1.93 bits per heavy atom. The number of aromatic nitrogens is 3. The van der Waals surface area contributed by atoms with Crippen molar-refractivity contribution in [3.63, 3.8) is 0 Å². The van der Waals surface area contributed by atoms with Gasteiger partial charge in [-0.25, -0.2) is 9.55 Å². The molecule has 0 saturated heterocycles. The fourth-order valence-electron chi connectivity index (χ4n) is 3.10. The maximum Gasteiger partial charge on any atom is 0.283 e. The van der Waals surface area contributed by atoms with E-state index in [4.69, 9.17) is 15.0 Å². The maximum atomic E-state index is 13.4. The van der Waals surface area contributed by atoms with Gasteiger partial charge in [0.2, 0.25) is 0 Å². The van der Waals surface area contributed by atoms with E-state index < -0.39 is 0 Å². The number of nitrogens with one attached hydrogen (secondary N) is 1. The van der Waals surface area contributed by atoms with Gasteiger partial charge in [0.05, 0.1) is 24.6 Å². The molecule has 0 atom stereocenters. The number of methoxy groups -OCH3 is 1. The number of nitriles is 1. The fraction of sp³-hybridized carbons (Fsp3) is 0.0952. The third-order valence-electron chi connectivity index (χ3n) is 4.35. The second kappa shape index (κ2) is 7.62. The summed E-state index contributed by atoms with van der Waals surface area (Å²) in [6.45, 7) is 0. The molecule has 0 bridgehead atoms. The third-order valence-corrected chi connectivity index (χ3v) is 5.15. The Morgan fingerprint density at radius 3 is 2.68 bits per heavy atom. The molecule has 7 heteroatoms. The lowest BCUT2D eigenvalue weighted by atomic mass is 10.1. The summed E-state index contributed by atoms with van der Waals surface area (Å²) in [4.78, 5) is 21.2. The normalized spacial score (nSPS) is 10.7. The van der Waals surface area contributed by atoms with Crippen molar-refractivity contribution in [1.82, 2.24) is 14.5 Å². The molecule has 1 N–H and O–H groups in total. The van der Waals surface area contributed by atoms with Gasteiger partial charge in [0.15, 0.2) is 5.16 Å². The Labute approximate surface area is 165 Å². The van der Waals surface area contributed by atoms with Crippen LogP contribution in [-0.2, 0) is 0 Å². The summed E-state index contributed by atoms with van der Waals surface area (Å²) in [6, 6.07) is 19.1. The Balaban J connectivity index is 2.02.